The summed E-state index contributed by atoms with van der Waals surface area (Å²) in [6, 6.07) is 16.5. The molecular formula is C24H26N2O4S3. The van der Waals surface area contributed by atoms with Crippen LogP contribution >= 0.6 is 23.1 Å². The van der Waals surface area contributed by atoms with Gasteiger partial charge in [-0.15, -0.1) is 0 Å². The molecule has 0 saturated heterocycles. The summed E-state index contributed by atoms with van der Waals surface area (Å²) >= 11 is 3.46. The molecule has 1 aliphatic heterocycles. The van der Waals surface area contributed by atoms with E-state index in [9.17, 15) is 13.0 Å². The van der Waals surface area contributed by atoms with E-state index in [2.05, 4.69) is 76.0 Å². The average Bonchev–Trinajstić information content (AvgIpc) is 3.27. The summed E-state index contributed by atoms with van der Waals surface area (Å²) in [6.07, 6.45) is 4.08. The van der Waals surface area contributed by atoms with Crippen LogP contribution in [0.3, 0.4) is 0 Å². The van der Waals surface area contributed by atoms with Crippen molar-refractivity contribution in [2.75, 3.05) is 11.4 Å². The molecule has 2 heterocycles. The Morgan fingerprint density at radius 2 is 1.94 bits per heavy atom. The topological polar surface area (TPSA) is 73.5 Å². The molecule has 0 bridgehead atoms. The second kappa shape index (κ2) is 9.99. The zero-order valence-electron chi connectivity index (χ0n) is 18.7. The minimum Gasteiger partial charge on any atom is -0.726 e. The first kappa shape index (κ1) is 24.0. The number of nitrogens with zero attached hydrogens (tertiary/aromatic N) is 2. The standard InChI is InChI=1S/C24H26N2O4S3/c1-4-25-19-9-5-7-11-21(19)31-23(25)15-17(2)16-24-26(14-13-18(3)30-33(27,28)29)20-10-6-8-12-22(20)32-24/h5-12,15-16,18H,4,13-14H2,1-3H3/t18-/m1/s1. The van der Waals surface area contributed by atoms with Crippen LogP contribution in [0.25, 0.3) is 16.3 Å². The molecule has 0 fully saturated rings. The highest BCUT2D eigenvalue weighted by Crippen LogP contribution is 2.45. The van der Waals surface area contributed by atoms with Gasteiger partial charge in [-0.1, -0.05) is 47.4 Å². The van der Waals surface area contributed by atoms with Gasteiger partial charge in [-0.05, 0) is 50.6 Å². The van der Waals surface area contributed by atoms with Crippen molar-refractivity contribution in [1.82, 2.24) is 0 Å². The molecule has 0 N–H and O–H groups in total. The second-order valence-electron chi connectivity index (χ2n) is 7.85. The predicted octanol–water partition coefficient (Wildman–Crippen LogP) is 5.32. The number of aromatic nitrogens is 1. The van der Waals surface area contributed by atoms with E-state index in [1.807, 2.05) is 12.1 Å². The molecule has 2 aromatic carbocycles. The SMILES string of the molecule is CCN1/C(=C/C(C)=C/c2sc3ccccc3[n+]2CC[C@@H](C)OS(=O)(=O)[O-])Sc2ccccc21. The third-order valence-electron chi connectivity index (χ3n) is 5.33. The molecule has 0 saturated carbocycles. The Morgan fingerprint density at radius 1 is 1.21 bits per heavy atom. The van der Waals surface area contributed by atoms with E-state index in [4.69, 9.17) is 0 Å². The van der Waals surface area contributed by atoms with Crippen LogP contribution in [-0.4, -0.2) is 25.6 Å². The summed E-state index contributed by atoms with van der Waals surface area (Å²) in [5.41, 5.74) is 3.43. The summed E-state index contributed by atoms with van der Waals surface area (Å²) in [7, 11) is -4.71. The van der Waals surface area contributed by atoms with Crippen molar-refractivity contribution in [3.05, 3.63) is 70.2 Å². The van der Waals surface area contributed by atoms with Gasteiger partial charge < -0.3 is 9.45 Å². The quantitative estimate of drug-likeness (QED) is 0.236. The lowest BCUT2D eigenvalue weighted by Gasteiger charge is -2.17. The van der Waals surface area contributed by atoms with Gasteiger partial charge in [0.15, 0.2) is 6.54 Å². The van der Waals surface area contributed by atoms with Gasteiger partial charge in [-0.2, -0.15) is 4.57 Å². The number of anilines is 1. The summed E-state index contributed by atoms with van der Waals surface area (Å²) in [6.45, 7) is 7.28. The Balaban J connectivity index is 1.63. The first-order chi connectivity index (χ1) is 15.7. The second-order valence-corrected chi connectivity index (χ2v) is 11.0. The average molecular weight is 503 g/mol. The van der Waals surface area contributed by atoms with Crippen LogP contribution in [-0.2, 0) is 21.1 Å². The number of hydrogen-bond acceptors (Lipinski definition) is 7. The van der Waals surface area contributed by atoms with Crippen molar-refractivity contribution in [2.24, 2.45) is 0 Å². The number of allylic oxidation sites excluding steroid dienone is 2. The third-order valence-corrected chi connectivity index (χ3v) is 8.12. The maximum absolute atomic E-state index is 10.9. The summed E-state index contributed by atoms with van der Waals surface area (Å²) in [4.78, 5) is 3.58. The van der Waals surface area contributed by atoms with Crippen LogP contribution in [0.4, 0.5) is 5.69 Å². The van der Waals surface area contributed by atoms with Crippen molar-refractivity contribution in [2.45, 2.75) is 44.7 Å². The van der Waals surface area contributed by atoms with Crippen molar-refractivity contribution in [1.29, 1.82) is 0 Å². The van der Waals surface area contributed by atoms with Gasteiger partial charge >= 0.3 is 0 Å². The zero-order valence-corrected chi connectivity index (χ0v) is 21.2. The third kappa shape index (κ3) is 5.67. The molecule has 1 aliphatic rings. The van der Waals surface area contributed by atoms with Crippen molar-refractivity contribution in [3.8, 4) is 0 Å². The Bertz CT molecular complexity index is 1330. The fourth-order valence-electron chi connectivity index (χ4n) is 3.87. The number of fused-ring (bicyclic) bond motifs is 2. The smallest absolute Gasteiger partial charge is 0.263 e. The molecule has 0 spiro atoms. The summed E-state index contributed by atoms with van der Waals surface area (Å²) in [5, 5.41) is 2.26. The molecule has 4 rings (SSSR count). The van der Waals surface area contributed by atoms with E-state index in [0.717, 1.165) is 27.3 Å². The number of thioether (sulfide) groups is 1. The van der Waals surface area contributed by atoms with Gasteiger partial charge in [0.05, 0.1) is 16.8 Å². The van der Waals surface area contributed by atoms with E-state index in [-0.39, 0.29) is 0 Å². The number of rotatable bonds is 8. The molecule has 1 aromatic heterocycles. The molecule has 0 unspecified atom stereocenters. The molecule has 1 atom stereocenters. The normalized spacial score (nSPS) is 16.5. The van der Waals surface area contributed by atoms with Crippen molar-refractivity contribution >= 4 is 55.5 Å². The molecule has 174 valence electrons. The molecular weight excluding hydrogens is 476 g/mol. The number of para-hydroxylation sites is 2. The molecule has 3 aromatic rings. The van der Waals surface area contributed by atoms with E-state index < -0.39 is 16.5 Å². The highest BCUT2D eigenvalue weighted by Gasteiger charge is 2.24. The minimum absolute atomic E-state index is 0.405. The van der Waals surface area contributed by atoms with E-state index in [1.54, 1.807) is 30.0 Å². The number of aryl methyl sites for hydroxylation is 1. The molecule has 33 heavy (non-hydrogen) atoms. The predicted molar refractivity (Wildman–Crippen MR) is 134 cm³/mol. The summed E-state index contributed by atoms with van der Waals surface area (Å²) < 4.78 is 40.7. The van der Waals surface area contributed by atoms with Gasteiger partial charge in [0, 0.05) is 30.0 Å². The number of hydrogen-bond donors (Lipinski definition) is 0. The lowest BCUT2D eigenvalue weighted by molar-refractivity contribution is -0.670. The number of benzene rings is 2. The first-order valence-corrected chi connectivity index (χ1v) is 13.7. The van der Waals surface area contributed by atoms with Crippen LogP contribution in [0.5, 0.6) is 0 Å². The van der Waals surface area contributed by atoms with Crippen LogP contribution in [0.2, 0.25) is 0 Å². The van der Waals surface area contributed by atoms with Gasteiger partial charge in [0.1, 0.15) is 4.70 Å². The van der Waals surface area contributed by atoms with Gasteiger partial charge in [-0.3, -0.25) is 4.18 Å². The first-order valence-electron chi connectivity index (χ1n) is 10.7. The molecule has 9 heteroatoms. The monoisotopic (exact) mass is 502 g/mol. The lowest BCUT2D eigenvalue weighted by atomic mass is 10.2. The van der Waals surface area contributed by atoms with Gasteiger partial charge in [0.25, 0.3) is 5.01 Å². The van der Waals surface area contributed by atoms with Gasteiger partial charge in [0.2, 0.25) is 15.9 Å². The molecule has 0 aliphatic carbocycles. The van der Waals surface area contributed by atoms with Crippen LogP contribution in [0.15, 0.2) is 70.1 Å². The minimum atomic E-state index is -4.71. The van der Waals surface area contributed by atoms with Crippen LogP contribution < -0.4 is 9.47 Å². The molecule has 0 radical (unpaired) electrons. The highest BCUT2D eigenvalue weighted by atomic mass is 32.3. The van der Waals surface area contributed by atoms with E-state index >= 15 is 0 Å². The zero-order chi connectivity index (χ0) is 23.6. The fourth-order valence-corrected chi connectivity index (χ4v) is 6.80. The maximum Gasteiger partial charge on any atom is 0.263 e. The maximum atomic E-state index is 10.9. The summed E-state index contributed by atoms with van der Waals surface area (Å²) in [5.74, 6) is 0. The Hall–Kier alpha value is -2.17. The fraction of sp³-hybridized carbons (Fsp3) is 0.292. The van der Waals surface area contributed by atoms with E-state index in [0.29, 0.717) is 13.0 Å². The molecule has 6 nitrogen and oxygen atoms in total. The van der Waals surface area contributed by atoms with Crippen molar-refractivity contribution < 1.29 is 21.7 Å². The van der Waals surface area contributed by atoms with Crippen LogP contribution in [0.1, 0.15) is 32.2 Å². The highest BCUT2D eigenvalue weighted by molar-refractivity contribution is 8.03. The van der Waals surface area contributed by atoms with E-state index in [1.165, 1.54) is 15.6 Å². The Kier molecular flexibility index (Phi) is 7.25. The van der Waals surface area contributed by atoms with Crippen LogP contribution in [0, 0.1) is 0 Å². The van der Waals surface area contributed by atoms with Crippen molar-refractivity contribution in [3.63, 3.8) is 0 Å². The Morgan fingerprint density at radius 3 is 2.70 bits per heavy atom. The lowest BCUT2D eigenvalue weighted by Crippen LogP contribution is -2.37. The Labute approximate surface area is 203 Å². The number of thiazole rings is 1. The largest absolute Gasteiger partial charge is 0.726 e. The van der Waals surface area contributed by atoms with Gasteiger partial charge in [-0.25, -0.2) is 8.42 Å². The molecule has 0 amide bonds.